The summed E-state index contributed by atoms with van der Waals surface area (Å²) in [6.45, 7) is 5.04. The van der Waals surface area contributed by atoms with Crippen LogP contribution in [0.3, 0.4) is 0 Å². The van der Waals surface area contributed by atoms with Gasteiger partial charge in [-0.05, 0) is 6.92 Å². The van der Waals surface area contributed by atoms with Gasteiger partial charge >= 0.3 is 0 Å². The van der Waals surface area contributed by atoms with Gasteiger partial charge in [0, 0.05) is 7.11 Å². The quantitative estimate of drug-likeness (QED) is 0.475. The lowest BCUT2D eigenvalue weighted by molar-refractivity contribution is 0.399. The van der Waals surface area contributed by atoms with Crippen molar-refractivity contribution in [2.75, 3.05) is 26.9 Å². The van der Waals surface area contributed by atoms with E-state index in [0.29, 0.717) is 6.10 Å². The summed E-state index contributed by atoms with van der Waals surface area (Å²) in [5.74, 6) is 0. The maximum atomic E-state index is 7.00. The second-order valence-electron chi connectivity index (χ2n) is 1.76. The number of epoxide rings is 2. The fourth-order valence-electron chi connectivity index (χ4n) is 0.0962. The first kappa shape index (κ1) is 8.88. The van der Waals surface area contributed by atoms with E-state index in [1.54, 1.807) is 0 Å². The number of ether oxygens (including phenoxy) is 2. The highest BCUT2D eigenvalue weighted by molar-refractivity contribution is 4.58. The highest BCUT2D eigenvalue weighted by Gasteiger charge is 2.13. The van der Waals surface area contributed by atoms with Crippen LogP contribution < -0.4 is 0 Å². The fourth-order valence-corrected chi connectivity index (χ4v) is 0.0962. The van der Waals surface area contributed by atoms with Crippen molar-refractivity contribution in [3.63, 3.8) is 0 Å². The van der Waals surface area contributed by atoms with Crippen molar-refractivity contribution in [1.29, 1.82) is 0 Å². The molecule has 0 aromatic rings. The summed E-state index contributed by atoms with van der Waals surface area (Å²) in [6, 6.07) is 0. The van der Waals surface area contributed by atoms with Crippen LogP contribution in [-0.4, -0.2) is 38.1 Å². The van der Waals surface area contributed by atoms with E-state index in [1.807, 2.05) is 0 Å². The lowest BCUT2D eigenvalue weighted by atomic mass is 10.6. The summed E-state index contributed by atoms with van der Waals surface area (Å²) >= 11 is 0. The molecular weight excluding hydrogens is 120 g/mol. The van der Waals surface area contributed by atoms with Crippen molar-refractivity contribution in [2.45, 2.75) is 13.0 Å². The second-order valence-corrected chi connectivity index (χ2v) is 1.76. The number of aliphatic hydroxyl groups is 1. The smallest absolute Gasteiger partial charge is 0.0781 e. The highest BCUT2D eigenvalue weighted by Crippen LogP contribution is 2.04. The van der Waals surface area contributed by atoms with Gasteiger partial charge in [-0.1, -0.05) is 0 Å². The Labute approximate surface area is 55.6 Å². The Kier molecular flexibility index (Phi) is 5.93. The molecule has 0 aromatic carbocycles. The summed E-state index contributed by atoms with van der Waals surface area (Å²) in [5, 5.41) is 7.00. The zero-order chi connectivity index (χ0) is 7.11. The molecule has 1 N–H and O–H groups in total. The molecule has 0 aliphatic carbocycles. The Hall–Kier alpha value is -0.120. The van der Waals surface area contributed by atoms with Crippen molar-refractivity contribution in [1.82, 2.24) is 0 Å². The van der Waals surface area contributed by atoms with E-state index in [0.717, 1.165) is 26.9 Å². The van der Waals surface area contributed by atoms with Crippen LogP contribution in [-0.2, 0) is 9.47 Å². The second kappa shape index (κ2) is 6.01. The minimum absolute atomic E-state index is 0.583. The monoisotopic (exact) mass is 134 g/mol. The largest absolute Gasteiger partial charge is 0.400 e. The van der Waals surface area contributed by atoms with Crippen LogP contribution in [0.25, 0.3) is 0 Å². The SMILES string of the molecule is C1CO1.CC1CO1.CO. The third-order valence-corrected chi connectivity index (χ3v) is 0.704. The van der Waals surface area contributed by atoms with E-state index < -0.39 is 0 Å². The van der Waals surface area contributed by atoms with Gasteiger partial charge in [0.15, 0.2) is 0 Å². The molecule has 2 saturated heterocycles. The normalized spacial score (nSPS) is 26.3. The minimum Gasteiger partial charge on any atom is -0.400 e. The van der Waals surface area contributed by atoms with Crippen molar-refractivity contribution in [3.8, 4) is 0 Å². The number of hydrogen-bond donors (Lipinski definition) is 1. The number of rotatable bonds is 0. The van der Waals surface area contributed by atoms with Crippen molar-refractivity contribution in [2.24, 2.45) is 0 Å². The van der Waals surface area contributed by atoms with E-state index in [-0.39, 0.29) is 0 Å². The van der Waals surface area contributed by atoms with E-state index in [1.165, 1.54) is 0 Å². The van der Waals surface area contributed by atoms with E-state index in [2.05, 4.69) is 11.7 Å². The van der Waals surface area contributed by atoms with Gasteiger partial charge in [0.2, 0.25) is 0 Å². The predicted molar refractivity (Wildman–Crippen MR) is 34.4 cm³/mol. The van der Waals surface area contributed by atoms with Crippen LogP contribution in [0, 0.1) is 0 Å². The lowest BCUT2D eigenvalue weighted by Crippen LogP contribution is -1.60. The minimum atomic E-state index is 0.583. The topological polar surface area (TPSA) is 45.3 Å². The Morgan fingerprint density at radius 1 is 1.33 bits per heavy atom. The van der Waals surface area contributed by atoms with Crippen LogP contribution in [0.15, 0.2) is 0 Å². The van der Waals surface area contributed by atoms with Crippen LogP contribution in [0.1, 0.15) is 6.92 Å². The van der Waals surface area contributed by atoms with Crippen LogP contribution in [0.4, 0.5) is 0 Å². The van der Waals surface area contributed by atoms with Gasteiger partial charge in [-0.15, -0.1) is 0 Å². The Balaban J connectivity index is 0.000000115. The molecule has 0 saturated carbocycles. The van der Waals surface area contributed by atoms with Gasteiger partial charge in [0.1, 0.15) is 0 Å². The van der Waals surface area contributed by atoms with Crippen LogP contribution >= 0.6 is 0 Å². The third kappa shape index (κ3) is 18.1. The molecule has 2 aliphatic rings. The zero-order valence-electron chi connectivity index (χ0n) is 5.96. The first-order valence-corrected chi connectivity index (χ1v) is 3.03. The van der Waals surface area contributed by atoms with Crippen LogP contribution in [0.5, 0.6) is 0 Å². The molecule has 56 valence electrons. The summed E-state index contributed by atoms with van der Waals surface area (Å²) in [6.07, 6.45) is 0.583. The molecule has 2 fully saturated rings. The molecule has 2 heterocycles. The first-order valence-electron chi connectivity index (χ1n) is 3.03. The average Bonchev–Trinajstić information content (AvgIpc) is 2.67. The van der Waals surface area contributed by atoms with Gasteiger partial charge in [-0.3, -0.25) is 0 Å². The van der Waals surface area contributed by atoms with E-state index >= 15 is 0 Å². The standard InChI is InChI=1S/C3H6O.C2H4O.CH4O/c1-3-2-4-3;1-2-3-1;1-2/h3H,2H2,1H3;1-2H2;2H,1H3. The molecule has 2 aliphatic heterocycles. The van der Waals surface area contributed by atoms with Crippen molar-refractivity contribution < 1.29 is 14.6 Å². The third-order valence-electron chi connectivity index (χ3n) is 0.704. The molecule has 0 bridgehead atoms. The fraction of sp³-hybridized carbons (Fsp3) is 1.00. The van der Waals surface area contributed by atoms with Crippen molar-refractivity contribution >= 4 is 0 Å². The van der Waals surface area contributed by atoms with Crippen LogP contribution in [0.2, 0.25) is 0 Å². The van der Waals surface area contributed by atoms with Crippen molar-refractivity contribution in [3.05, 3.63) is 0 Å². The molecule has 0 amide bonds. The lowest BCUT2D eigenvalue weighted by Gasteiger charge is -1.50. The average molecular weight is 134 g/mol. The molecule has 9 heavy (non-hydrogen) atoms. The predicted octanol–water partition coefficient (Wildman–Crippen LogP) is 0.0302. The molecule has 3 heteroatoms. The Morgan fingerprint density at radius 3 is 1.56 bits per heavy atom. The Bertz CT molecular complexity index is 47.5. The zero-order valence-corrected chi connectivity index (χ0v) is 5.96. The van der Waals surface area contributed by atoms with E-state index in [4.69, 9.17) is 9.84 Å². The molecule has 0 aromatic heterocycles. The number of hydrogen-bond acceptors (Lipinski definition) is 3. The molecule has 1 unspecified atom stereocenters. The molecule has 0 radical (unpaired) electrons. The first-order chi connectivity index (χ1) is 4.39. The molecule has 0 spiro atoms. The maximum Gasteiger partial charge on any atom is 0.0781 e. The van der Waals surface area contributed by atoms with Gasteiger partial charge in [-0.25, -0.2) is 0 Å². The van der Waals surface area contributed by atoms with Gasteiger partial charge in [0.05, 0.1) is 25.9 Å². The molecule has 2 rings (SSSR count). The Morgan fingerprint density at radius 2 is 1.56 bits per heavy atom. The van der Waals surface area contributed by atoms with Gasteiger partial charge in [0.25, 0.3) is 0 Å². The van der Waals surface area contributed by atoms with Gasteiger partial charge in [-0.2, -0.15) is 0 Å². The summed E-state index contributed by atoms with van der Waals surface area (Å²) < 4.78 is 9.21. The molecular formula is C6H14O3. The number of aliphatic hydroxyl groups excluding tert-OH is 1. The maximum absolute atomic E-state index is 7.00. The summed E-state index contributed by atoms with van der Waals surface area (Å²) in [5.41, 5.74) is 0. The van der Waals surface area contributed by atoms with E-state index in [9.17, 15) is 0 Å². The summed E-state index contributed by atoms with van der Waals surface area (Å²) in [7, 11) is 1.00. The molecule has 3 nitrogen and oxygen atoms in total. The molecule has 1 atom stereocenters. The highest BCUT2D eigenvalue weighted by atomic mass is 16.6. The van der Waals surface area contributed by atoms with Gasteiger partial charge < -0.3 is 14.6 Å². The summed E-state index contributed by atoms with van der Waals surface area (Å²) in [4.78, 5) is 0.